The second-order valence-corrected chi connectivity index (χ2v) is 6.47. The monoisotopic (exact) mass is 315 g/mol. The van der Waals surface area contributed by atoms with Crippen LogP contribution in [0.5, 0.6) is 5.75 Å². The van der Waals surface area contributed by atoms with Gasteiger partial charge in [-0.2, -0.15) is 0 Å². The van der Waals surface area contributed by atoms with Crippen molar-refractivity contribution < 1.29 is 9.53 Å². The highest BCUT2D eigenvalue weighted by Crippen LogP contribution is 2.70. The average molecular weight is 316 g/mol. The van der Waals surface area contributed by atoms with Crippen molar-refractivity contribution in [1.82, 2.24) is 5.32 Å². The highest BCUT2D eigenvalue weighted by Gasteiger charge is 2.76. The molecule has 1 aliphatic rings. The minimum atomic E-state index is -0.952. The molecule has 0 aromatic heterocycles. The number of hydrogen-bond acceptors (Lipinski definition) is 2. The van der Waals surface area contributed by atoms with Gasteiger partial charge in [0.15, 0.2) is 0 Å². The first kappa shape index (κ1) is 15.5. The molecule has 1 amide bonds. The highest BCUT2D eigenvalue weighted by molar-refractivity contribution is 6.53. The molecule has 1 saturated carbocycles. The van der Waals surface area contributed by atoms with E-state index < -0.39 is 9.75 Å². The molecule has 5 heteroatoms. The number of para-hydroxylation sites is 1. The normalized spacial score (nSPS) is 26.9. The molecular formula is C15H19Cl2NO2. The second kappa shape index (κ2) is 5.82. The summed E-state index contributed by atoms with van der Waals surface area (Å²) in [5.74, 6) is 0.670. The second-order valence-electron chi connectivity index (χ2n) is 5.09. The molecule has 2 atom stereocenters. The zero-order chi connectivity index (χ0) is 14.8. The molecule has 0 aliphatic heterocycles. The first-order chi connectivity index (χ1) is 9.46. The van der Waals surface area contributed by atoms with Crippen molar-refractivity contribution in [3.05, 3.63) is 30.3 Å². The van der Waals surface area contributed by atoms with E-state index in [9.17, 15) is 4.79 Å². The number of carbonyl (C=O) groups is 1. The lowest BCUT2D eigenvalue weighted by Gasteiger charge is -2.16. The smallest absolute Gasteiger partial charge is 0.229 e. The van der Waals surface area contributed by atoms with Gasteiger partial charge in [0, 0.05) is 5.92 Å². The molecule has 110 valence electrons. The SMILES string of the molecule is CC[C@]1(C(=O)NCCOc2ccccc2)C(C)C1(Cl)Cl. The van der Waals surface area contributed by atoms with E-state index in [0.29, 0.717) is 19.6 Å². The zero-order valence-corrected chi connectivity index (χ0v) is 13.2. The Kier molecular flexibility index (Phi) is 4.50. The van der Waals surface area contributed by atoms with Crippen molar-refractivity contribution in [1.29, 1.82) is 0 Å². The van der Waals surface area contributed by atoms with Gasteiger partial charge in [-0.25, -0.2) is 0 Å². The summed E-state index contributed by atoms with van der Waals surface area (Å²) in [5.41, 5.74) is -0.664. The molecule has 0 saturated heterocycles. The summed E-state index contributed by atoms with van der Waals surface area (Å²) in [7, 11) is 0. The summed E-state index contributed by atoms with van der Waals surface area (Å²) in [6, 6.07) is 9.48. The van der Waals surface area contributed by atoms with Gasteiger partial charge in [-0.3, -0.25) is 4.79 Å². The lowest BCUT2D eigenvalue weighted by Crippen LogP contribution is -2.37. The molecule has 2 rings (SSSR count). The number of ether oxygens (including phenoxy) is 1. The van der Waals surface area contributed by atoms with E-state index in [1.54, 1.807) is 0 Å². The highest BCUT2D eigenvalue weighted by atomic mass is 35.5. The third kappa shape index (κ3) is 2.49. The minimum Gasteiger partial charge on any atom is -0.492 e. The van der Waals surface area contributed by atoms with E-state index in [-0.39, 0.29) is 11.8 Å². The van der Waals surface area contributed by atoms with Crippen LogP contribution in [0.2, 0.25) is 0 Å². The molecular weight excluding hydrogens is 297 g/mol. The average Bonchev–Trinajstić information content (AvgIpc) is 2.90. The molecule has 1 aromatic carbocycles. The van der Waals surface area contributed by atoms with E-state index >= 15 is 0 Å². The van der Waals surface area contributed by atoms with E-state index in [0.717, 1.165) is 5.75 Å². The summed E-state index contributed by atoms with van der Waals surface area (Å²) in [4.78, 5) is 12.3. The molecule has 1 fully saturated rings. The van der Waals surface area contributed by atoms with Crippen molar-refractivity contribution in [3.8, 4) is 5.75 Å². The van der Waals surface area contributed by atoms with E-state index in [1.807, 2.05) is 44.2 Å². The molecule has 0 spiro atoms. The maximum atomic E-state index is 12.3. The number of alkyl halides is 2. The number of carbonyl (C=O) groups excluding carboxylic acids is 1. The van der Waals surface area contributed by atoms with Gasteiger partial charge in [-0.1, -0.05) is 32.0 Å². The first-order valence-corrected chi connectivity index (χ1v) is 7.56. The van der Waals surface area contributed by atoms with Gasteiger partial charge in [0.1, 0.15) is 16.7 Å². The van der Waals surface area contributed by atoms with Gasteiger partial charge < -0.3 is 10.1 Å². The van der Waals surface area contributed by atoms with Crippen LogP contribution < -0.4 is 10.1 Å². The Morgan fingerprint density at radius 1 is 1.35 bits per heavy atom. The summed E-state index contributed by atoms with van der Waals surface area (Å²) < 4.78 is 4.57. The number of rotatable bonds is 6. The molecule has 0 radical (unpaired) electrons. The fraction of sp³-hybridized carbons (Fsp3) is 0.533. The van der Waals surface area contributed by atoms with Gasteiger partial charge in [0.2, 0.25) is 5.91 Å². The Bertz CT molecular complexity index is 478. The number of nitrogens with one attached hydrogen (secondary N) is 1. The van der Waals surface area contributed by atoms with Crippen molar-refractivity contribution in [2.45, 2.75) is 24.6 Å². The number of halogens is 2. The lowest BCUT2D eigenvalue weighted by atomic mass is 9.99. The summed E-state index contributed by atoms with van der Waals surface area (Å²) in [5, 5.41) is 2.86. The molecule has 1 aliphatic carbocycles. The molecule has 20 heavy (non-hydrogen) atoms. The minimum absolute atomic E-state index is 0.0293. The number of benzene rings is 1. The standard InChI is InChI=1S/C15H19Cl2NO2/c1-3-14(11(2)15(14,16)17)13(19)18-9-10-20-12-7-5-4-6-8-12/h4-8,11H,3,9-10H2,1-2H3,(H,18,19)/t11?,14-/m1/s1. The van der Waals surface area contributed by atoms with Gasteiger partial charge in [-0.15, -0.1) is 23.2 Å². The van der Waals surface area contributed by atoms with Crippen molar-refractivity contribution in [2.24, 2.45) is 11.3 Å². The predicted molar refractivity (Wildman–Crippen MR) is 81.3 cm³/mol. The van der Waals surface area contributed by atoms with Crippen LogP contribution in [-0.4, -0.2) is 23.4 Å². The maximum absolute atomic E-state index is 12.3. The van der Waals surface area contributed by atoms with E-state index in [1.165, 1.54) is 0 Å². The largest absolute Gasteiger partial charge is 0.492 e. The zero-order valence-electron chi connectivity index (χ0n) is 11.7. The van der Waals surface area contributed by atoms with Gasteiger partial charge in [0.25, 0.3) is 0 Å². The van der Waals surface area contributed by atoms with Crippen LogP contribution in [0.4, 0.5) is 0 Å². The topological polar surface area (TPSA) is 38.3 Å². The molecule has 0 heterocycles. The van der Waals surface area contributed by atoms with Crippen LogP contribution in [0.25, 0.3) is 0 Å². The van der Waals surface area contributed by atoms with Gasteiger partial charge in [0.05, 0.1) is 12.0 Å². The Labute approximate surface area is 129 Å². The molecule has 1 unspecified atom stereocenters. The van der Waals surface area contributed by atoms with Crippen molar-refractivity contribution in [3.63, 3.8) is 0 Å². The third-order valence-electron chi connectivity index (χ3n) is 4.16. The van der Waals surface area contributed by atoms with E-state index in [2.05, 4.69) is 5.32 Å². The lowest BCUT2D eigenvalue weighted by molar-refractivity contribution is -0.127. The van der Waals surface area contributed by atoms with Crippen LogP contribution in [-0.2, 0) is 4.79 Å². The molecule has 3 nitrogen and oxygen atoms in total. The van der Waals surface area contributed by atoms with Gasteiger partial charge in [-0.05, 0) is 18.6 Å². The van der Waals surface area contributed by atoms with E-state index in [4.69, 9.17) is 27.9 Å². The van der Waals surface area contributed by atoms with Gasteiger partial charge >= 0.3 is 0 Å². The fourth-order valence-electron chi connectivity index (χ4n) is 2.70. The Hall–Kier alpha value is -0.930. The molecule has 1 N–H and O–H groups in total. The third-order valence-corrected chi connectivity index (χ3v) is 5.49. The summed E-state index contributed by atoms with van der Waals surface area (Å²) in [6.07, 6.45) is 0.631. The Morgan fingerprint density at radius 2 is 1.95 bits per heavy atom. The summed E-state index contributed by atoms with van der Waals surface area (Å²) in [6.45, 7) is 4.69. The quantitative estimate of drug-likeness (QED) is 0.645. The summed E-state index contributed by atoms with van der Waals surface area (Å²) >= 11 is 12.4. The number of amides is 1. The Balaban J connectivity index is 1.79. The maximum Gasteiger partial charge on any atom is 0.229 e. The van der Waals surface area contributed by atoms with Crippen LogP contribution in [0.3, 0.4) is 0 Å². The van der Waals surface area contributed by atoms with Crippen LogP contribution in [0, 0.1) is 11.3 Å². The molecule has 1 aromatic rings. The predicted octanol–water partition coefficient (Wildman–Crippen LogP) is 3.40. The fourth-order valence-corrected chi connectivity index (χ4v) is 3.73. The Morgan fingerprint density at radius 3 is 2.45 bits per heavy atom. The van der Waals surface area contributed by atoms with Crippen LogP contribution >= 0.6 is 23.2 Å². The first-order valence-electron chi connectivity index (χ1n) is 6.80. The van der Waals surface area contributed by atoms with Crippen molar-refractivity contribution in [2.75, 3.05) is 13.2 Å². The molecule has 0 bridgehead atoms. The van der Waals surface area contributed by atoms with Crippen LogP contribution in [0.15, 0.2) is 30.3 Å². The van der Waals surface area contributed by atoms with Crippen LogP contribution in [0.1, 0.15) is 20.3 Å². The number of hydrogen-bond donors (Lipinski definition) is 1. The van der Waals surface area contributed by atoms with Crippen molar-refractivity contribution >= 4 is 29.1 Å².